The smallest absolute Gasteiger partial charge is 0.298 e. The monoisotopic (exact) mass is 471 g/mol. The number of nitrogens with zero attached hydrogens (tertiary/aromatic N) is 3. The van der Waals surface area contributed by atoms with Crippen LogP contribution in [-0.4, -0.2) is 43.1 Å². The van der Waals surface area contributed by atoms with Crippen LogP contribution in [0.15, 0.2) is 96.0 Å². The van der Waals surface area contributed by atoms with Crippen molar-refractivity contribution in [3.05, 3.63) is 97.1 Å². The van der Waals surface area contributed by atoms with Gasteiger partial charge in [0, 0.05) is 13.1 Å². The van der Waals surface area contributed by atoms with Gasteiger partial charge in [-0.1, -0.05) is 86.3 Å². The van der Waals surface area contributed by atoms with Crippen molar-refractivity contribution in [3.63, 3.8) is 0 Å². The lowest BCUT2D eigenvalue weighted by Gasteiger charge is -2.29. The Balaban J connectivity index is 0.000000157. The van der Waals surface area contributed by atoms with Gasteiger partial charge in [-0.2, -0.15) is 4.98 Å². The van der Waals surface area contributed by atoms with Crippen molar-refractivity contribution in [2.24, 2.45) is 5.92 Å². The van der Waals surface area contributed by atoms with Gasteiger partial charge in [0.05, 0.1) is 0 Å². The zero-order valence-corrected chi connectivity index (χ0v) is 21.6. The van der Waals surface area contributed by atoms with Crippen LogP contribution in [0.1, 0.15) is 44.6 Å². The second kappa shape index (κ2) is 14.3. The van der Waals surface area contributed by atoms with Gasteiger partial charge in [0.1, 0.15) is 5.52 Å². The summed E-state index contributed by atoms with van der Waals surface area (Å²) in [5.41, 5.74) is 3.36. The number of para-hydroxylation sites is 2. The van der Waals surface area contributed by atoms with Gasteiger partial charge in [-0.15, -0.1) is 0 Å². The summed E-state index contributed by atoms with van der Waals surface area (Å²) in [7, 11) is 2.21. The first-order valence-corrected chi connectivity index (χ1v) is 12.8. The van der Waals surface area contributed by atoms with E-state index in [9.17, 15) is 0 Å². The van der Waals surface area contributed by atoms with Gasteiger partial charge in [0.2, 0.25) is 0 Å². The third-order valence-electron chi connectivity index (χ3n) is 6.52. The maximum absolute atomic E-state index is 5.72. The summed E-state index contributed by atoms with van der Waals surface area (Å²) in [5, 5.41) is 0. The predicted octanol–water partition coefficient (Wildman–Crippen LogP) is 7.47. The van der Waals surface area contributed by atoms with Crippen molar-refractivity contribution in [1.82, 2.24) is 9.88 Å². The lowest BCUT2D eigenvalue weighted by molar-refractivity contribution is 0.255. The molecule has 0 saturated carbocycles. The standard InChI is InChI=1S/C12H14N2O.C12H17N.C7H10/c1-9-6-7-14(8-9)12-13-10-4-2-3-5-11(10)15-12;1-13-9-7-12(8-10-13)11-5-3-2-4-6-11;1-3-5-7-6-4-2/h2-5,9H,6-8H2,1H3;2-6,12H,7-10H2,1H3;3-7H,1H2,2H3/b;;6-4-,7-5-/t9-;;/m1../s1. The molecular formula is C31H41N3O. The quantitative estimate of drug-likeness (QED) is 0.369. The van der Waals surface area contributed by atoms with Crippen LogP contribution in [0.5, 0.6) is 0 Å². The number of rotatable bonds is 4. The fourth-order valence-corrected chi connectivity index (χ4v) is 4.43. The molecule has 1 atom stereocenters. The van der Waals surface area contributed by atoms with Crippen molar-refractivity contribution in [3.8, 4) is 0 Å². The Hall–Kier alpha value is -3.11. The highest BCUT2D eigenvalue weighted by Crippen LogP contribution is 2.27. The summed E-state index contributed by atoms with van der Waals surface area (Å²) in [6, 6.07) is 19.6. The zero-order chi connectivity index (χ0) is 24.9. The van der Waals surface area contributed by atoms with Crippen LogP contribution in [-0.2, 0) is 0 Å². The Morgan fingerprint density at radius 2 is 1.63 bits per heavy atom. The van der Waals surface area contributed by atoms with E-state index < -0.39 is 0 Å². The Labute approximate surface area is 211 Å². The lowest BCUT2D eigenvalue weighted by atomic mass is 9.90. The minimum absolute atomic E-state index is 0.750. The van der Waals surface area contributed by atoms with E-state index in [2.05, 4.69) is 65.7 Å². The molecular weight excluding hydrogens is 430 g/mol. The molecule has 0 N–H and O–H groups in total. The molecule has 0 amide bonds. The molecule has 35 heavy (non-hydrogen) atoms. The molecule has 1 aromatic heterocycles. The van der Waals surface area contributed by atoms with Crippen molar-refractivity contribution < 1.29 is 4.42 Å². The molecule has 3 aromatic rings. The summed E-state index contributed by atoms with van der Waals surface area (Å²) in [4.78, 5) is 9.13. The Morgan fingerprint density at radius 3 is 2.26 bits per heavy atom. The molecule has 0 bridgehead atoms. The zero-order valence-electron chi connectivity index (χ0n) is 21.6. The molecule has 2 aliphatic rings. The molecule has 4 nitrogen and oxygen atoms in total. The molecule has 2 fully saturated rings. The number of aromatic nitrogens is 1. The van der Waals surface area contributed by atoms with E-state index >= 15 is 0 Å². The van der Waals surface area contributed by atoms with Crippen molar-refractivity contribution in [1.29, 1.82) is 0 Å². The first-order chi connectivity index (χ1) is 17.1. The number of hydrogen-bond acceptors (Lipinski definition) is 4. The average Bonchev–Trinajstić information content (AvgIpc) is 3.52. The van der Waals surface area contributed by atoms with E-state index in [-0.39, 0.29) is 0 Å². The van der Waals surface area contributed by atoms with Crippen molar-refractivity contribution >= 4 is 17.1 Å². The molecule has 186 valence electrons. The average molecular weight is 472 g/mol. The number of hydrogen-bond donors (Lipinski definition) is 0. The normalized spacial score (nSPS) is 18.9. The van der Waals surface area contributed by atoms with Gasteiger partial charge in [-0.05, 0) is 75.9 Å². The molecule has 2 saturated heterocycles. The lowest BCUT2D eigenvalue weighted by Crippen LogP contribution is -2.29. The van der Waals surface area contributed by atoms with Crippen LogP contribution < -0.4 is 4.90 Å². The fourth-order valence-electron chi connectivity index (χ4n) is 4.43. The van der Waals surface area contributed by atoms with E-state index in [1.54, 1.807) is 6.08 Å². The predicted molar refractivity (Wildman–Crippen MR) is 150 cm³/mol. The molecule has 0 aliphatic carbocycles. The maximum Gasteiger partial charge on any atom is 0.298 e. The molecule has 0 unspecified atom stereocenters. The van der Waals surface area contributed by atoms with Crippen molar-refractivity contribution in [2.75, 3.05) is 38.1 Å². The number of piperidine rings is 1. The fraction of sp³-hybridized carbons (Fsp3) is 0.387. The van der Waals surface area contributed by atoms with Crippen LogP contribution in [0.2, 0.25) is 0 Å². The van der Waals surface area contributed by atoms with Gasteiger partial charge in [0.25, 0.3) is 6.01 Å². The highest BCUT2D eigenvalue weighted by Gasteiger charge is 2.22. The highest BCUT2D eigenvalue weighted by atomic mass is 16.4. The number of likely N-dealkylation sites (tertiary alicyclic amines) is 1. The largest absolute Gasteiger partial charge is 0.423 e. The number of allylic oxidation sites excluding steroid dienone is 5. The summed E-state index contributed by atoms with van der Waals surface area (Å²) in [6.45, 7) is 12.4. The third-order valence-corrected chi connectivity index (χ3v) is 6.52. The summed E-state index contributed by atoms with van der Waals surface area (Å²) >= 11 is 0. The molecule has 3 heterocycles. The Bertz CT molecular complexity index is 1030. The van der Waals surface area contributed by atoms with Gasteiger partial charge < -0.3 is 14.2 Å². The van der Waals surface area contributed by atoms with Gasteiger partial charge in [-0.3, -0.25) is 0 Å². The van der Waals surface area contributed by atoms with Gasteiger partial charge >= 0.3 is 0 Å². The molecule has 5 rings (SSSR count). The maximum atomic E-state index is 5.72. The second-order valence-electron chi connectivity index (χ2n) is 9.44. The minimum Gasteiger partial charge on any atom is -0.423 e. The number of oxazole rings is 1. The minimum atomic E-state index is 0.750. The first kappa shape index (κ1) is 26.5. The van der Waals surface area contributed by atoms with Gasteiger partial charge in [-0.25, -0.2) is 0 Å². The topological polar surface area (TPSA) is 32.5 Å². The molecule has 4 heteroatoms. The summed E-state index contributed by atoms with van der Waals surface area (Å²) in [6.07, 6.45) is 13.4. The summed E-state index contributed by atoms with van der Waals surface area (Å²) in [5.74, 6) is 1.55. The number of fused-ring (bicyclic) bond motifs is 1. The molecule has 0 radical (unpaired) electrons. The Kier molecular flexibility index (Phi) is 10.8. The SMILES string of the molecule is C=C/C=C\C=C/C.CN1CCC(c2ccccc2)CC1.C[C@@H]1CCN(c2nc3ccccc3o2)C1. The molecule has 2 aliphatic heterocycles. The van der Waals surface area contributed by atoms with Crippen LogP contribution in [0.25, 0.3) is 11.1 Å². The molecule has 0 spiro atoms. The highest BCUT2D eigenvalue weighted by molar-refractivity contribution is 5.74. The van der Waals surface area contributed by atoms with Gasteiger partial charge in [0.15, 0.2) is 5.58 Å². The van der Waals surface area contributed by atoms with Crippen LogP contribution in [0, 0.1) is 5.92 Å². The third kappa shape index (κ3) is 8.56. The Morgan fingerprint density at radius 1 is 0.914 bits per heavy atom. The van der Waals surface area contributed by atoms with Crippen molar-refractivity contribution in [2.45, 2.75) is 39.0 Å². The second-order valence-corrected chi connectivity index (χ2v) is 9.44. The number of anilines is 1. The van der Waals surface area contributed by atoms with E-state index in [0.717, 1.165) is 42.0 Å². The van der Waals surface area contributed by atoms with E-state index in [1.165, 1.54) is 37.9 Å². The number of benzene rings is 2. The van der Waals surface area contributed by atoms with E-state index in [1.807, 2.05) is 55.5 Å². The van der Waals surface area contributed by atoms with Crippen LogP contribution in [0.3, 0.4) is 0 Å². The van der Waals surface area contributed by atoms with Crippen LogP contribution in [0.4, 0.5) is 6.01 Å². The summed E-state index contributed by atoms with van der Waals surface area (Å²) < 4.78 is 5.72. The van der Waals surface area contributed by atoms with E-state index in [0.29, 0.717) is 0 Å². The molecule has 2 aromatic carbocycles. The first-order valence-electron chi connectivity index (χ1n) is 12.8. The van der Waals surface area contributed by atoms with E-state index in [4.69, 9.17) is 4.42 Å². The van der Waals surface area contributed by atoms with Crippen LogP contribution >= 0.6 is 0 Å².